The summed E-state index contributed by atoms with van der Waals surface area (Å²) in [6, 6.07) is 4.35. The minimum absolute atomic E-state index is 0.000132. The molecule has 0 saturated heterocycles. The van der Waals surface area contributed by atoms with Crippen molar-refractivity contribution >= 4 is 11.6 Å². The summed E-state index contributed by atoms with van der Waals surface area (Å²) in [6.07, 6.45) is 1.82. The SMILES string of the molecule is C=CCOc1c(F)cccc1NC(=C)C1=C(O)CCNC1=O. The van der Waals surface area contributed by atoms with Gasteiger partial charge < -0.3 is 20.5 Å². The van der Waals surface area contributed by atoms with Gasteiger partial charge in [-0.3, -0.25) is 4.79 Å². The summed E-state index contributed by atoms with van der Waals surface area (Å²) in [5, 5.41) is 15.3. The number of hydrogen-bond donors (Lipinski definition) is 3. The molecule has 1 aliphatic heterocycles. The van der Waals surface area contributed by atoms with Crippen molar-refractivity contribution in [3.05, 3.63) is 60.3 Å². The Balaban J connectivity index is 2.27. The highest BCUT2D eigenvalue weighted by Crippen LogP contribution is 2.30. The van der Waals surface area contributed by atoms with Crippen molar-refractivity contribution in [3.8, 4) is 5.75 Å². The Morgan fingerprint density at radius 2 is 2.32 bits per heavy atom. The molecule has 2 rings (SSSR count). The van der Waals surface area contributed by atoms with Gasteiger partial charge in [-0.15, -0.1) is 0 Å². The summed E-state index contributed by atoms with van der Waals surface area (Å²) in [5.74, 6) is -1.02. The van der Waals surface area contributed by atoms with Crippen molar-refractivity contribution in [1.82, 2.24) is 5.32 Å². The Hall–Kier alpha value is -2.76. The van der Waals surface area contributed by atoms with E-state index in [9.17, 15) is 14.3 Å². The Bertz CT molecular complexity index is 653. The van der Waals surface area contributed by atoms with Crippen LogP contribution in [0.3, 0.4) is 0 Å². The van der Waals surface area contributed by atoms with Crippen LogP contribution in [0.1, 0.15) is 6.42 Å². The molecule has 0 aromatic heterocycles. The minimum Gasteiger partial charge on any atom is -0.511 e. The van der Waals surface area contributed by atoms with Gasteiger partial charge in [0.2, 0.25) is 0 Å². The van der Waals surface area contributed by atoms with Gasteiger partial charge in [-0.05, 0) is 12.1 Å². The molecule has 5 nitrogen and oxygen atoms in total. The molecule has 3 N–H and O–H groups in total. The van der Waals surface area contributed by atoms with Crippen molar-refractivity contribution in [3.63, 3.8) is 0 Å². The maximum Gasteiger partial charge on any atom is 0.256 e. The predicted octanol–water partition coefficient (Wildman–Crippen LogP) is 2.65. The fraction of sp³-hybridized carbons (Fsp3) is 0.188. The zero-order valence-corrected chi connectivity index (χ0v) is 12.0. The number of carbonyl (C=O) groups excluding carboxylic acids is 1. The van der Waals surface area contributed by atoms with E-state index in [-0.39, 0.29) is 29.4 Å². The lowest BCUT2D eigenvalue weighted by atomic mass is 10.1. The lowest BCUT2D eigenvalue weighted by Crippen LogP contribution is -2.33. The molecule has 1 aromatic carbocycles. The summed E-state index contributed by atoms with van der Waals surface area (Å²) in [5.41, 5.74) is 0.541. The average Bonchev–Trinajstić information content (AvgIpc) is 2.46. The molecule has 1 amide bonds. The molecule has 0 fully saturated rings. The first-order chi connectivity index (χ1) is 10.5. The van der Waals surface area contributed by atoms with Crippen molar-refractivity contribution in [1.29, 1.82) is 0 Å². The van der Waals surface area contributed by atoms with E-state index in [1.807, 2.05) is 0 Å². The lowest BCUT2D eigenvalue weighted by Gasteiger charge is -2.20. The van der Waals surface area contributed by atoms with E-state index in [0.29, 0.717) is 18.7 Å². The number of anilines is 1. The maximum absolute atomic E-state index is 13.8. The van der Waals surface area contributed by atoms with Crippen LogP contribution in [0.15, 0.2) is 54.5 Å². The van der Waals surface area contributed by atoms with Crippen LogP contribution in [-0.4, -0.2) is 24.2 Å². The molecule has 116 valence electrons. The second-order valence-electron chi connectivity index (χ2n) is 4.65. The molecule has 0 atom stereocenters. The van der Waals surface area contributed by atoms with Gasteiger partial charge >= 0.3 is 0 Å². The van der Waals surface area contributed by atoms with Crippen molar-refractivity contribution in [2.75, 3.05) is 18.5 Å². The van der Waals surface area contributed by atoms with Crippen LogP contribution >= 0.6 is 0 Å². The number of para-hydroxylation sites is 1. The van der Waals surface area contributed by atoms with E-state index >= 15 is 0 Å². The highest BCUT2D eigenvalue weighted by Gasteiger charge is 2.23. The molecular weight excluding hydrogens is 287 g/mol. The number of ether oxygens (including phenoxy) is 1. The Morgan fingerprint density at radius 1 is 1.55 bits per heavy atom. The monoisotopic (exact) mass is 304 g/mol. The van der Waals surface area contributed by atoms with Crippen LogP contribution in [-0.2, 0) is 4.79 Å². The number of aliphatic hydroxyl groups excluding tert-OH is 1. The second-order valence-corrected chi connectivity index (χ2v) is 4.65. The molecule has 0 radical (unpaired) electrons. The maximum atomic E-state index is 13.8. The van der Waals surface area contributed by atoms with E-state index in [1.165, 1.54) is 18.2 Å². The van der Waals surface area contributed by atoms with E-state index < -0.39 is 11.7 Å². The molecule has 0 aliphatic carbocycles. The van der Waals surface area contributed by atoms with Crippen LogP contribution in [0.4, 0.5) is 10.1 Å². The summed E-state index contributed by atoms with van der Waals surface area (Å²) in [7, 11) is 0. The van der Waals surface area contributed by atoms with Crippen LogP contribution in [0.25, 0.3) is 0 Å². The summed E-state index contributed by atoms with van der Waals surface area (Å²) in [4.78, 5) is 11.8. The first-order valence-electron chi connectivity index (χ1n) is 6.73. The van der Waals surface area contributed by atoms with Gasteiger partial charge in [-0.2, -0.15) is 0 Å². The smallest absolute Gasteiger partial charge is 0.256 e. The molecule has 0 saturated carbocycles. The highest BCUT2D eigenvalue weighted by atomic mass is 19.1. The number of aliphatic hydroxyl groups is 1. The van der Waals surface area contributed by atoms with Crippen molar-refractivity contribution < 1.29 is 19.0 Å². The van der Waals surface area contributed by atoms with Gasteiger partial charge in [0.15, 0.2) is 11.6 Å². The number of carbonyl (C=O) groups is 1. The van der Waals surface area contributed by atoms with Gasteiger partial charge in [-0.1, -0.05) is 25.3 Å². The number of halogens is 1. The van der Waals surface area contributed by atoms with Crippen molar-refractivity contribution in [2.45, 2.75) is 6.42 Å². The third-order valence-corrected chi connectivity index (χ3v) is 3.06. The number of rotatable bonds is 6. The second kappa shape index (κ2) is 6.80. The Kier molecular flexibility index (Phi) is 4.83. The van der Waals surface area contributed by atoms with Crippen LogP contribution in [0.5, 0.6) is 5.75 Å². The Morgan fingerprint density at radius 3 is 3.00 bits per heavy atom. The minimum atomic E-state index is -0.550. The highest BCUT2D eigenvalue weighted by molar-refractivity contribution is 5.99. The van der Waals surface area contributed by atoms with Gasteiger partial charge in [0, 0.05) is 18.7 Å². The largest absolute Gasteiger partial charge is 0.511 e. The van der Waals surface area contributed by atoms with Gasteiger partial charge in [0.25, 0.3) is 5.91 Å². The standard InChI is InChI=1S/C16H17FN2O3/c1-3-9-22-15-11(17)5-4-6-12(15)19-10(2)14-13(20)7-8-18-16(14)21/h3-6,19-20H,1-2,7-9H2,(H,18,21). The lowest BCUT2D eigenvalue weighted by molar-refractivity contribution is -0.117. The zero-order valence-electron chi connectivity index (χ0n) is 12.0. The Labute approximate surface area is 127 Å². The van der Waals surface area contributed by atoms with Gasteiger partial charge in [-0.25, -0.2) is 4.39 Å². The molecule has 0 bridgehead atoms. The van der Waals surface area contributed by atoms with E-state index in [4.69, 9.17) is 4.74 Å². The third-order valence-electron chi connectivity index (χ3n) is 3.06. The van der Waals surface area contributed by atoms with Crippen molar-refractivity contribution in [2.24, 2.45) is 0 Å². The summed E-state index contributed by atoms with van der Waals surface area (Å²) >= 11 is 0. The summed E-state index contributed by atoms with van der Waals surface area (Å²) < 4.78 is 19.1. The fourth-order valence-corrected chi connectivity index (χ4v) is 2.07. The third kappa shape index (κ3) is 3.28. The van der Waals surface area contributed by atoms with Gasteiger partial charge in [0.1, 0.15) is 12.4 Å². The molecule has 22 heavy (non-hydrogen) atoms. The van der Waals surface area contributed by atoms with E-state index in [2.05, 4.69) is 23.8 Å². The molecular formula is C16H17FN2O3. The number of hydrogen-bond acceptors (Lipinski definition) is 4. The van der Waals surface area contributed by atoms with Crippen LogP contribution in [0.2, 0.25) is 0 Å². The summed E-state index contributed by atoms with van der Waals surface area (Å²) in [6.45, 7) is 7.75. The molecule has 1 aromatic rings. The van der Waals surface area contributed by atoms with Gasteiger partial charge in [0.05, 0.1) is 11.3 Å². The quantitative estimate of drug-likeness (QED) is 0.707. The fourth-order valence-electron chi connectivity index (χ4n) is 2.07. The van der Waals surface area contributed by atoms with Crippen LogP contribution in [0, 0.1) is 5.82 Å². The molecule has 1 heterocycles. The molecule has 0 unspecified atom stereocenters. The first-order valence-corrected chi connectivity index (χ1v) is 6.73. The number of benzene rings is 1. The zero-order chi connectivity index (χ0) is 16.1. The topological polar surface area (TPSA) is 70.6 Å². The molecule has 0 spiro atoms. The predicted molar refractivity (Wildman–Crippen MR) is 82.1 cm³/mol. The average molecular weight is 304 g/mol. The normalized spacial score (nSPS) is 14.3. The number of nitrogens with one attached hydrogen (secondary N) is 2. The van der Waals surface area contributed by atoms with E-state index in [1.54, 1.807) is 6.07 Å². The van der Waals surface area contributed by atoms with Crippen LogP contribution < -0.4 is 15.4 Å². The molecule has 6 heteroatoms. The first kappa shape index (κ1) is 15.6. The molecule has 1 aliphatic rings. The number of amides is 1. The van der Waals surface area contributed by atoms with E-state index in [0.717, 1.165) is 0 Å².